The quantitative estimate of drug-likeness (QED) is 0.919. The van der Waals surface area contributed by atoms with E-state index in [0.29, 0.717) is 30.9 Å². The molecule has 0 fully saturated rings. The van der Waals surface area contributed by atoms with Gasteiger partial charge in [0.05, 0.1) is 11.9 Å². The summed E-state index contributed by atoms with van der Waals surface area (Å²) in [5, 5.41) is 17.0. The Balaban J connectivity index is 1.81. The van der Waals surface area contributed by atoms with Gasteiger partial charge in [0.25, 0.3) is 0 Å². The van der Waals surface area contributed by atoms with Crippen LogP contribution < -0.4 is 0 Å². The molecule has 0 aliphatic carbocycles. The Morgan fingerprint density at radius 1 is 1.38 bits per heavy atom. The van der Waals surface area contributed by atoms with Crippen molar-refractivity contribution in [2.45, 2.75) is 6.42 Å². The highest BCUT2D eigenvalue weighted by molar-refractivity contribution is 5.69. The Kier molecular flexibility index (Phi) is 3.39. The molecule has 1 aliphatic rings. The summed E-state index contributed by atoms with van der Waals surface area (Å²) in [7, 11) is 0. The summed E-state index contributed by atoms with van der Waals surface area (Å²) in [5.74, 6) is -0.335. The summed E-state index contributed by atoms with van der Waals surface area (Å²) in [6, 6.07) is 6.09. The van der Waals surface area contributed by atoms with Gasteiger partial charge in [-0.25, -0.2) is 13.9 Å². The molecule has 1 aliphatic heterocycles. The molecule has 1 N–H and O–H groups in total. The zero-order valence-electron chi connectivity index (χ0n) is 11.1. The van der Waals surface area contributed by atoms with Gasteiger partial charge in [0, 0.05) is 13.1 Å². The number of amides is 1. The Hall–Kier alpha value is -2.70. The first-order valence-electron chi connectivity index (χ1n) is 6.49. The monoisotopic (exact) mass is 288 g/mol. The maximum atomic E-state index is 13.2. The molecule has 0 unspecified atom stereocenters. The van der Waals surface area contributed by atoms with E-state index in [1.165, 1.54) is 21.7 Å². The number of benzene rings is 1. The van der Waals surface area contributed by atoms with Crippen molar-refractivity contribution in [3.63, 3.8) is 0 Å². The summed E-state index contributed by atoms with van der Waals surface area (Å²) in [5.41, 5.74) is 2.23. The normalized spacial score (nSPS) is 14.9. The minimum absolute atomic E-state index is 0.335. The minimum atomic E-state index is -0.922. The van der Waals surface area contributed by atoms with Crippen LogP contribution in [0.3, 0.4) is 0 Å². The van der Waals surface area contributed by atoms with E-state index in [-0.39, 0.29) is 5.82 Å². The molecule has 6 nitrogen and oxygen atoms in total. The van der Waals surface area contributed by atoms with E-state index < -0.39 is 6.09 Å². The summed E-state index contributed by atoms with van der Waals surface area (Å²) < 4.78 is 14.7. The molecular weight excluding hydrogens is 275 g/mol. The van der Waals surface area contributed by atoms with Crippen LogP contribution in [0.4, 0.5) is 9.18 Å². The summed E-state index contributed by atoms with van der Waals surface area (Å²) in [6.45, 7) is 0.783. The van der Waals surface area contributed by atoms with E-state index in [2.05, 4.69) is 10.3 Å². The number of halogens is 1. The highest BCUT2D eigenvalue weighted by Gasteiger charge is 2.18. The average Bonchev–Trinajstić information content (AvgIpc) is 2.97. The van der Waals surface area contributed by atoms with Gasteiger partial charge >= 0.3 is 6.09 Å². The van der Waals surface area contributed by atoms with Crippen molar-refractivity contribution in [3.05, 3.63) is 48.0 Å². The van der Waals surface area contributed by atoms with Crippen molar-refractivity contribution in [1.29, 1.82) is 0 Å². The topological polar surface area (TPSA) is 71.2 Å². The largest absolute Gasteiger partial charge is 0.465 e. The molecule has 0 atom stereocenters. The van der Waals surface area contributed by atoms with Gasteiger partial charge in [0.15, 0.2) is 0 Å². The van der Waals surface area contributed by atoms with E-state index in [1.54, 1.807) is 18.3 Å². The van der Waals surface area contributed by atoms with Crippen molar-refractivity contribution >= 4 is 11.7 Å². The van der Waals surface area contributed by atoms with Crippen molar-refractivity contribution in [2.75, 3.05) is 13.1 Å². The maximum Gasteiger partial charge on any atom is 0.407 e. The van der Waals surface area contributed by atoms with E-state index >= 15 is 0 Å². The van der Waals surface area contributed by atoms with Gasteiger partial charge < -0.3 is 10.0 Å². The average molecular weight is 288 g/mol. The predicted octanol–water partition coefficient (Wildman–Crippen LogP) is 2.17. The van der Waals surface area contributed by atoms with E-state index in [4.69, 9.17) is 5.11 Å². The molecule has 7 heteroatoms. The first kappa shape index (κ1) is 13.3. The minimum Gasteiger partial charge on any atom is -0.465 e. The number of hydrogen-bond acceptors (Lipinski definition) is 3. The van der Waals surface area contributed by atoms with Gasteiger partial charge in [-0.2, -0.15) is 0 Å². The fraction of sp³-hybridized carbons (Fsp3) is 0.214. The van der Waals surface area contributed by atoms with Gasteiger partial charge in [-0.1, -0.05) is 17.4 Å². The van der Waals surface area contributed by atoms with Crippen LogP contribution in [-0.2, 0) is 0 Å². The van der Waals surface area contributed by atoms with Gasteiger partial charge in [-0.05, 0) is 30.2 Å². The molecule has 0 radical (unpaired) electrons. The third-order valence-electron chi connectivity index (χ3n) is 3.37. The molecule has 1 aromatic carbocycles. The molecular formula is C14H13FN4O2. The van der Waals surface area contributed by atoms with Gasteiger partial charge in [-0.15, -0.1) is 5.10 Å². The zero-order chi connectivity index (χ0) is 14.8. The lowest BCUT2D eigenvalue weighted by Gasteiger charge is -2.22. The smallest absolute Gasteiger partial charge is 0.407 e. The lowest BCUT2D eigenvalue weighted by atomic mass is 10.1. The molecule has 1 amide bonds. The Labute approximate surface area is 120 Å². The lowest BCUT2D eigenvalue weighted by Crippen LogP contribution is -2.33. The standard InChI is InChI=1S/C14H13FN4O2/c15-11-2-1-3-12(8-11)19-9-13(16-17-19)10-4-6-18(7-5-10)14(20)21/h1-4,8-9H,5-7H2,(H,20,21). The molecule has 21 heavy (non-hydrogen) atoms. The van der Waals surface area contributed by atoms with Crippen LogP contribution >= 0.6 is 0 Å². The number of hydrogen-bond donors (Lipinski definition) is 1. The van der Waals surface area contributed by atoms with Crippen LogP contribution in [0.2, 0.25) is 0 Å². The third kappa shape index (κ3) is 2.76. The van der Waals surface area contributed by atoms with Crippen molar-refractivity contribution in [2.24, 2.45) is 0 Å². The molecule has 3 rings (SSSR count). The molecule has 2 aromatic rings. The van der Waals surface area contributed by atoms with Crippen LogP contribution in [0.25, 0.3) is 11.3 Å². The van der Waals surface area contributed by atoms with Crippen LogP contribution in [-0.4, -0.2) is 44.2 Å². The van der Waals surface area contributed by atoms with Gasteiger partial charge in [0.1, 0.15) is 11.5 Å². The first-order chi connectivity index (χ1) is 10.1. The molecule has 108 valence electrons. The number of carboxylic acid groups (broad SMARTS) is 1. The Bertz CT molecular complexity index is 711. The van der Waals surface area contributed by atoms with E-state index in [1.807, 2.05) is 6.08 Å². The molecule has 0 saturated carbocycles. The van der Waals surface area contributed by atoms with Crippen LogP contribution in [0, 0.1) is 5.82 Å². The van der Waals surface area contributed by atoms with Gasteiger partial charge in [0.2, 0.25) is 0 Å². The van der Waals surface area contributed by atoms with Crippen LogP contribution in [0.5, 0.6) is 0 Å². The summed E-state index contributed by atoms with van der Waals surface area (Å²) in [4.78, 5) is 12.2. The summed E-state index contributed by atoms with van der Waals surface area (Å²) in [6.07, 6.45) is 3.22. The Morgan fingerprint density at radius 3 is 2.90 bits per heavy atom. The lowest BCUT2D eigenvalue weighted by molar-refractivity contribution is 0.150. The number of carbonyl (C=O) groups is 1. The van der Waals surface area contributed by atoms with Crippen LogP contribution in [0.1, 0.15) is 12.1 Å². The predicted molar refractivity (Wildman–Crippen MR) is 73.5 cm³/mol. The highest BCUT2D eigenvalue weighted by atomic mass is 19.1. The molecule has 2 heterocycles. The van der Waals surface area contributed by atoms with Crippen LogP contribution in [0.15, 0.2) is 36.5 Å². The second-order valence-corrected chi connectivity index (χ2v) is 4.74. The number of rotatable bonds is 2. The zero-order valence-corrected chi connectivity index (χ0v) is 11.1. The second-order valence-electron chi connectivity index (χ2n) is 4.74. The van der Waals surface area contributed by atoms with Gasteiger partial charge in [-0.3, -0.25) is 0 Å². The summed E-state index contributed by atoms with van der Waals surface area (Å²) >= 11 is 0. The molecule has 1 aromatic heterocycles. The number of aromatic nitrogens is 3. The maximum absolute atomic E-state index is 13.2. The molecule has 0 bridgehead atoms. The van der Waals surface area contributed by atoms with E-state index in [9.17, 15) is 9.18 Å². The Morgan fingerprint density at radius 2 is 2.24 bits per heavy atom. The number of nitrogens with zero attached hydrogens (tertiary/aromatic N) is 4. The third-order valence-corrected chi connectivity index (χ3v) is 3.37. The fourth-order valence-electron chi connectivity index (χ4n) is 2.23. The molecule has 0 saturated heterocycles. The first-order valence-corrected chi connectivity index (χ1v) is 6.49. The SMILES string of the molecule is O=C(O)N1CC=C(c2cn(-c3cccc(F)c3)nn2)CC1. The second kappa shape index (κ2) is 5.35. The van der Waals surface area contributed by atoms with E-state index in [0.717, 1.165) is 5.57 Å². The molecule has 0 spiro atoms. The van der Waals surface area contributed by atoms with Crippen molar-refractivity contribution in [1.82, 2.24) is 19.9 Å². The fourth-order valence-corrected chi connectivity index (χ4v) is 2.23. The highest BCUT2D eigenvalue weighted by Crippen LogP contribution is 2.21. The van der Waals surface area contributed by atoms with Crippen molar-refractivity contribution < 1.29 is 14.3 Å². The van der Waals surface area contributed by atoms with Crippen molar-refractivity contribution in [3.8, 4) is 5.69 Å².